The summed E-state index contributed by atoms with van der Waals surface area (Å²) in [5, 5.41) is 11.2. The Balaban J connectivity index is 1.87. The Bertz CT molecular complexity index is 676. The molecule has 2 N–H and O–H groups in total. The highest BCUT2D eigenvalue weighted by atomic mass is 16.3. The van der Waals surface area contributed by atoms with Gasteiger partial charge in [0.1, 0.15) is 0 Å². The molecule has 0 radical (unpaired) electrons. The number of amides is 1. The molecule has 0 atom stereocenters. The lowest BCUT2D eigenvalue weighted by molar-refractivity contribution is -0.121. The third-order valence-corrected chi connectivity index (χ3v) is 4.25. The van der Waals surface area contributed by atoms with Gasteiger partial charge in [0.05, 0.1) is 6.61 Å². The van der Waals surface area contributed by atoms with Crippen molar-refractivity contribution in [1.82, 2.24) is 5.32 Å². The van der Waals surface area contributed by atoms with Gasteiger partial charge in [-0.1, -0.05) is 30.7 Å². The molecule has 128 valence electrons. The number of carbonyl (C=O) groups is 3. The number of allylic oxidation sites excluding steroid dienone is 2. The van der Waals surface area contributed by atoms with E-state index in [-0.39, 0.29) is 30.6 Å². The van der Waals surface area contributed by atoms with Gasteiger partial charge < -0.3 is 10.4 Å². The number of carbonyl (C=O) groups excluding carboxylic acids is 3. The molecule has 5 heteroatoms. The van der Waals surface area contributed by atoms with Crippen molar-refractivity contribution in [2.75, 3.05) is 13.2 Å². The van der Waals surface area contributed by atoms with Crippen molar-refractivity contribution in [1.29, 1.82) is 0 Å². The maximum Gasteiger partial charge on any atom is 0.220 e. The highest BCUT2D eigenvalue weighted by Gasteiger charge is 2.28. The van der Waals surface area contributed by atoms with E-state index in [4.69, 9.17) is 5.11 Å². The van der Waals surface area contributed by atoms with Crippen LogP contribution in [-0.4, -0.2) is 35.7 Å². The van der Waals surface area contributed by atoms with Crippen molar-refractivity contribution < 1.29 is 19.5 Å². The Morgan fingerprint density at radius 2 is 1.71 bits per heavy atom. The van der Waals surface area contributed by atoms with Gasteiger partial charge in [0, 0.05) is 35.2 Å². The third kappa shape index (κ3) is 4.17. The fraction of sp³-hybridized carbons (Fsp3) is 0.421. The largest absolute Gasteiger partial charge is 0.395 e. The number of aliphatic hydroxyl groups excluding tert-OH is 1. The average Bonchev–Trinajstić information content (AvgIpc) is 2.60. The number of benzene rings is 1. The van der Waals surface area contributed by atoms with Crippen molar-refractivity contribution >= 4 is 17.5 Å². The topological polar surface area (TPSA) is 83.5 Å². The van der Waals surface area contributed by atoms with E-state index in [2.05, 4.69) is 5.32 Å². The van der Waals surface area contributed by atoms with Gasteiger partial charge in [-0.3, -0.25) is 14.4 Å². The van der Waals surface area contributed by atoms with Gasteiger partial charge in [-0.2, -0.15) is 0 Å². The number of rotatable bonds is 8. The summed E-state index contributed by atoms with van der Waals surface area (Å²) in [4.78, 5) is 36.4. The summed E-state index contributed by atoms with van der Waals surface area (Å²) < 4.78 is 0. The van der Waals surface area contributed by atoms with Crippen LogP contribution in [-0.2, 0) is 4.79 Å². The van der Waals surface area contributed by atoms with E-state index >= 15 is 0 Å². The molecule has 0 aliphatic heterocycles. The first-order chi connectivity index (χ1) is 11.6. The molecule has 2 rings (SSSR count). The molecule has 24 heavy (non-hydrogen) atoms. The molecule has 0 fully saturated rings. The van der Waals surface area contributed by atoms with E-state index < -0.39 is 0 Å². The Hall–Kier alpha value is -2.27. The standard InChI is InChI=1S/C19H23NO4/c1-13-14(7-3-2-4-10-17(22)20-11-12-21)19(24)16-9-6-5-8-15(16)18(13)23/h5-6,8-9,21H,2-4,7,10-12H2,1H3,(H,20,22). The van der Waals surface area contributed by atoms with Gasteiger partial charge >= 0.3 is 0 Å². The first-order valence-electron chi connectivity index (χ1n) is 8.32. The highest BCUT2D eigenvalue weighted by molar-refractivity contribution is 6.26. The van der Waals surface area contributed by atoms with Crippen LogP contribution < -0.4 is 5.32 Å². The molecule has 0 heterocycles. The molecular weight excluding hydrogens is 306 g/mol. The van der Waals surface area contributed by atoms with Gasteiger partial charge in [0.2, 0.25) is 5.91 Å². The van der Waals surface area contributed by atoms with E-state index in [0.29, 0.717) is 35.1 Å². The first-order valence-corrected chi connectivity index (χ1v) is 8.32. The minimum absolute atomic E-state index is 0.0524. The molecule has 1 aliphatic rings. The molecule has 0 saturated carbocycles. The monoisotopic (exact) mass is 329 g/mol. The summed E-state index contributed by atoms with van der Waals surface area (Å²) >= 11 is 0. The smallest absolute Gasteiger partial charge is 0.220 e. The Kier molecular flexibility index (Phi) is 6.44. The average molecular weight is 329 g/mol. The molecular formula is C19H23NO4. The first kappa shape index (κ1) is 18.1. The maximum absolute atomic E-state index is 12.6. The van der Waals surface area contributed by atoms with Crippen LogP contribution in [0.15, 0.2) is 35.4 Å². The Morgan fingerprint density at radius 3 is 2.38 bits per heavy atom. The second kappa shape index (κ2) is 8.55. The van der Waals surface area contributed by atoms with Crippen molar-refractivity contribution in [2.45, 2.75) is 39.0 Å². The summed E-state index contributed by atoms with van der Waals surface area (Å²) in [5.41, 5.74) is 2.12. The molecule has 1 aromatic rings. The molecule has 0 aromatic heterocycles. The lowest BCUT2D eigenvalue weighted by Gasteiger charge is -2.18. The molecule has 0 spiro atoms. The van der Waals surface area contributed by atoms with Crippen LogP contribution >= 0.6 is 0 Å². The van der Waals surface area contributed by atoms with Gasteiger partial charge in [0.15, 0.2) is 11.6 Å². The summed E-state index contributed by atoms with van der Waals surface area (Å²) in [5.74, 6) is -0.190. The van der Waals surface area contributed by atoms with E-state index in [1.165, 1.54) is 0 Å². The quantitative estimate of drug-likeness (QED) is 0.718. The number of unbranched alkanes of at least 4 members (excludes halogenated alkanes) is 2. The lowest BCUT2D eigenvalue weighted by atomic mass is 9.83. The van der Waals surface area contributed by atoms with Crippen LogP contribution in [0.3, 0.4) is 0 Å². The van der Waals surface area contributed by atoms with Crippen LogP contribution in [0.25, 0.3) is 0 Å². The molecule has 1 aromatic carbocycles. The van der Waals surface area contributed by atoms with Crippen molar-refractivity contribution in [3.8, 4) is 0 Å². The van der Waals surface area contributed by atoms with Crippen LogP contribution in [0.5, 0.6) is 0 Å². The summed E-state index contributed by atoms with van der Waals surface area (Å²) in [6, 6.07) is 6.94. The second-order valence-electron chi connectivity index (χ2n) is 5.94. The predicted molar refractivity (Wildman–Crippen MR) is 91.0 cm³/mol. The number of nitrogens with one attached hydrogen (secondary N) is 1. The van der Waals surface area contributed by atoms with E-state index in [1.807, 2.05) is 0 Å². The normalized spacial score (nSPS) is 13.9. The SMILES string of the molecule is CC1=C(CCCCCC(=O)NCCO)C(=O)c2ccccc2C1=O. The van der Waals surface area contributed by atoms with E-state index in [0.717, 1.165) is 19.3 Å². The minimum atomic E-state index is -0.0719. The zero-order valence-electron chi connectivity index (χ0n) is 13.9. The van der Waals surface area contributed by atoms with Crippen molar-refractivity contribution in [2.24, 2.45) is 0 Å². The van der Waals surface area contributed by atoms with E-state index in [9.17, 15) is 14.4 Å². The number of hydrogen-bond acceptors (Lipinski definition) is 4. The van der Waals surface area contributed by atoms with E-state index in [1.54, 1.807) is 31.2 Å². The summed E-state index contributed by atoms with van der Waals surface area (Å²) in [7, 11) is 0. The molecule has 0 saturated heterocycles. The number of aliphatic hydroxyl groups is 1. The van der Waals surface area contributed by atoms with Crippen molar-refractivity contribution in [3.05, 3.63) is 46.5 Å². The Morgan fingerprint density at radius 1 is 1.04 bits per heavy atom. The highest BCUT2D eigenvalue weighted by Crippen LogP contribution is 2.29. The number of hydrogen-bond donors (Lipinski definition) is 2. The molecule has 1 aliphatic carbocycles. The summed E-state index contributed by atoms with van der Waals surface area (Å²) in [6.45, 7) is 1.94. The third-order valence-electron chi connectivity index (χ3n) is 4.25. The van der Waals surface area contributed by atoms with Crippen LogP contribution in [0, 0.1) is 0 Å². The summed E-state index contributed by atoms with van der Waals surface area (Å²) in [6.07, 6.45) is 3.27. The molecule has 5 nitrogen and oxygen atoms in total. The maximum atomic E-state index is 12.6. The fourth-order valence-electron chi connectivity index (χ4n) is 2.90. The predicted octanol–water partition coefficient (Wildman–Crippen LogP) is 2.44. The minimum Gasteiger partial charge on any atom is -0.395 e. The zero-order chi connectivity index (χ0) is 17.5. The molecule has 0 bridgehead atoms. The Labute approximate surface area is 141 Å². The van der Waals surface area contributed by atoms with Crippen LogP contribution in [0.1, 0.15) is 59.7 Å². The van der Waals surface area contributed by atoms with Gasteiger partial charge in [0.25, 0.3) is 0 Å². The molecule has 1 amide bonds. The fourth-order valence-corrected chi connectivity index (χ4v) is 2.90. The van der Waals surface area contributed by atoms with Crippen LogP contribution in [0.2, 0.25) is 0 Å². The number of fused-ring (bicyclic) bond motifs is 1. The van der Waals surface area contributed by atoms with Gasteiger partial charge in [-0.25, -0.2) is 0 Å². The van der Waals surface area contributed by atoms with Crippen LogP contribution in [0.4, 0.5) is 0 Å². The number of ketones is 2. The lowest BCUT2D eigenvalue weighted by Crippen LogP contribution is -2.25. The van der Waals surface area contributed by atoms with Gasteiger partial charge in [-0.15, -0.1) is 0 Å². The van der Waals surface area contributed by atoms with Crippen molar-refractivity contribution in [3.63, 3.8) is 0 Å². The number of Topliss-reactive ketones (excluding diaryl/α,β-unsaturated/α-hetero) is 2. The molecule has 0 unspecified atom stereocenters. The second-order valence-corrected chi connectivity index (χ2v) is 5.94. The van der Waals surface area contributed by atoms with Gasteiger partial charge in [-0.05, 0) is 26.2 Å². The zero-order valence-corrected chi connectivity index (χ0v) is 13.9.